The molecular weight excluding hydrogens is 340 g/mol. The minimum absolute atomic E-state index is 0.166. The SMILES string of the molecule is Cc1cc(NC(=O)[C@@H](C)OC(=O)CSc2ccc3c(c2)CCC3)no1. The van der Waals surface area contributed by atoms with Crippen LogP contribution in [0.4, 0.5) is 5.82 Å². The van der Waals surface area contributed by atoms with E-state index < -0.39 is 18.0 Å². The fourth-order valence-electron chi connectivity index (χ4n) is 2.72. The molecule has 0 radical (unpaired) electrons. The Morgan fingerprint density at radius 2 is 2.12 bits per heavy atom. The number of hydrogen-bond donors (Lipinski definition) is 1. The highest BCUT2D eigenvalue weighted by Gasteiger charge is 2.19. The summed E-state index contributed by atoms with van der Waals surface area (Å²) in [6, 6.07) is 7.90. The van der Waals surface area contributed by atoms with Gasteiger partial charge in [0.1, 0.15) is 5.76 Å². The first kappa shape index (κ1) is 17.5. The molecule has 0 saturated carbocycles. The van der Waals surface area contributed by atoms with Crippen LogP contribution in [0, 0.1) is 6.92 Å². The molecule has 0 unspecified atom stereocenters. The van der Waals surface area contributed by atoms with Gasteiger partial charge in [0.05, 0.1) is 5.75 Å². The largest absolute Gasteiger partial charge is 0.452 e. The summed E-state index contributed by atoms with van der Waals surface area (Å²) in [6.07, 6.45) is 2.54. The number of rotatable bonds is 6. The number of aryl methyl sites for hydroxylation is 3. The Balaban J connectivity index is 1.46. The van der Waals surface area contributed by atoms with Gasteiger partial charge in [0.2, 0.25) is 0 Å². The molecule has 0 saturated heterocycles. The molecule has 7 heteroatoms. The Morgan fingerprint density at radius 3 is 2.88 bits per heavy atom. The summed E-state index contributed by atoms with van der Waals surface area (Å²) in [5.41, 5.74) is 2.77. The molecule has 0 fully saturated rings. The van der Waals surface area contributed by atoms with Gasteiger partial charge >= 0.3 is 5.97 Å². The smallest absolute Gasteiger partial charge is 0.317 e. The van der Waals surface area contributed by atoms with Crippen molar-refractivity contribution >= 4 is 29.5 Å². The van der Waals surface area contributed by atoms with Crippen LogP contribution in [0.3, 0.4) is 0 Å². The van der Waals surface area contributed by atoms with E-state index in [0.717, 1.165) is 17.7 Å². The highest BCUT2D eigenvalue weighted by molar-refractivity contribution is 8.00. The Morgan fingerprint density at radius 1 is 1.32 bits per heavy atom. The molecule has 1 aliphatic carbocycles. The van der Waals surface area contributed by atoms with Crippen molar-refractivity contribution in [1.82, 2.24) is 5.16 Å². The lowest BCUT2D eigenvalue weighted by Gasteiger charge is -2.12. The maximum Gasteiger partial charge on any atom is 0.317 e. The average Bonchev–Trinajstić information content (AvgIpc) is 3.21. The van der Waals surface area contributed by atoms with Crippen molar-refractivity contribution in [2.45, 2.75) is 44.1 Å². The topological polar surface area (TPSA) is 81.4 Å². The highest BCUT2D eigenvalue weighted by atomic mass is 32.2. The number of hydrogen-bond acceptors (Lipinski definition) is 6. The first-order chi connectivity index (χ1) is 12.0. The normalized spacial score (nSPS) is 14.0. The second-order valence-corrected chi connectivity index (χ2v) is 7.07. The van der Waals surface area contributed by atoms with Gasteiger partial charge in [-0.25, -0.2) is 0 Å². The van der Waals surface area contributed by atoms with Crippen molar-refractivity contribution in [3.63, 3.8) is 0 Å². The number of carbonyl (C=O) groups excluding carboxylic acids is 2. The van der Waals surface area contributed by atoms with E-state index in [4.69, 9.17) is 9.26 Å². The number of nitrogens with one attached hydrogen (secondary N) is 1. The number of anilines is 1. The van der Waals surface area contributed by atoms with Crippen LogP contribution < -0.4 is 5.32 Å². The third kappa shape index (κ3) is 4.63. The molecule has 1 aromatic carbocycles. The number of ether oxygens (including phenoxy) is 1. The van der Waals surface area contributed by atoms with Crippen LogP contribution in [0.25, 0.3) is 0 Å². The van der Waals surface area contributed by atoms with Gasteiger partial charge in [0.25, 0.3) is 5.91 Å². The molecule has 6 nitrogen and oxygen atoms in total. The maximum absolute atomic E-state index is 12.0. The molecule has 0 bridgehead atoms. The zero-order valence-corrected chi connectivity index (χ0v) is 15.0. The van der Waals surface area contributed by atoms with Crippen molar-refractivity contribution in [2.24, 2.45) is 0 Å². The standard InChI is InChI=1S/C18H20N2O4S/c1-11-8-16(20-24-11)19-18(22)12(2)23-17(21)10-25-15-7-6-13-4-3-5-14(13)9-15/h6-9,12H,3-5,10H2,1-2H3,(H,19,20,22)/t12-/m1/s1. The van der Waals surface area contributed by atoms with Gasteiger partial charge in [-0.15, -0.1) is 11.8 Å². The lowest BCUT2D eigenvalue weighted by Crippen LogP contribution is -2.30. The summed E-state index contributed by atoms with van der Waals surface area (Å²) in [6.45, 7) is 3.25. The molecule has 0 aliphatic heterocycles. The second-order valence-electron chi connectivity index (χ2n) is 6.02. The van der Waals surface area contributed by atoms with Crippen LogP contribution >= 0.6 is 11.8 Å². The second kappa shape index (κ2) is 7.74. The Kier molecular flexibility index (Phi) is 5.43. The summed E-state index contributed by atoms with van der Waals surface area (Å²) in [7, 11) is 0. The Bertz CT molecular complexity index is 787. The summed E-state index contributed by atoms with van der Waals surface area (Å²) >= 11 is 1.42. The van der Waals surface area contributed by atoms with Gasteiger partial charge in [-0.2, -0.15) is 0 Å². The van der Waals surface area contributed by atoms with E-state index in [1.54, 1.807) is 13.0 Å². The van der Waals surface area contributed by atoms with Crippen molar-refractivity contribution < 1.29 is 18.8 Å². The average molecular weight is 360 g/mol. The third-order valence-corrected chi connectivity index (χ3v) is 4.95. The number of thioether (sulfide) groups is 1. The zero-order chi connectivity index (χ0) is 17.8. The van der Waals surface area contributed by atoms with Crippen LogP contribution in [0.15, 0.2) is 33.7 Å². The predicted molar refractivity (Wildman–Crippen MR) is 94.6 cm³/mol. The van der Waals surface area contributed by atoms with Crippen molar-refractivity contribution in [3.05, 3.63) is 41.2 Å². The van der Waals surface area contributed by atoms with E-state index in [9.17, 15) is 9.59 Å². The molecule has 1 aliphatic rings. The molecule has 1 N–H and O–H groups in total. The molecule has 1 amide bonds. The summed E-state index contributed by atoms with van der Waals surface area (Å²) in [4.78, 5) is 25.0. The van der Waals surface area contributed by atoms with Crippen LogP contribution in [-0.2, 0) is 27.2 Å². The molecule has 1 heterocycles. The van der Waals surface area contributed by atoms with Crippen LogP contribution in [-0.4, -0.2) is 28.9 Å². The summed E-state index contributed by atoms with van der Waals surface area (Å²) in [5, 5.41) is 6.21. The molecular formula is C18H20N2O4S. The first-order valence-corrected chi connectivity index (χ1v) is 9.18. The Hall–Kier alpha value is -2.28. The highest BCUT2D eigenvalue weighted by Crippen LogP contribution is 2.27. The molecule has 2 aromatic rings. The fraction of sp³-hybridized carbons (Fsp3) is 0.389. The summed E-state index contributed by atoms with van der Waals surface area (Å²) in [5.74, 6) is 0.191. The van der Waals surface area contributed by atoms with Crippen LogP contribution in [0.1, 0.15) is 30.2 Å². The number of carbonyl (C=O) groups is 2. The van der Waals surface area contributed by atoms with Gasteiger partial charge in [0.15, 0.2) is 11.9 Å². The van der Waals surface area contributed by atoms with Gasteiger partial charge < -0.3 is 14.6 Å². The van der Waals surface area contributed by atoms with Gasteiger partial charge in [0, 0.05) is 11.0 Å². The maximum atomic E-state index is 12.0. The number of fused-ring (bicyclic) bond motifs is 1. The van der Waals surface area contributed by atoms with Gasteiger partial charge in [-0.05, 0) is 56.4 Å². The Labute approximate surface area is 150 Å². The monoisotopic (exact) mass is 360 g/mol. The number of nitrogens with zero attached hydrogens (tertiary/aromatic N) is 1. The number of amides is 1. The molecule has 3 rings (SSSR count). The molecule has 1 aromatic heterocycles. The lowest BCUT2D eigenvalue weighted by atomic mass is 10.1. The minimum atomic E-state index is -0.898. The van der Waals surface area contributed by atoms with Crippen LogP contribution in [0.2, 0.25) is 0 Å². The van der Waals surface area contributed by atoms with Crippen LogP contribution in [0.5, 0.6) is 0 Å². The van der Waals surface area contributed by atoms with E-state index >= 15 is 0 Å². The number of benzene rings is 1. The zero-order valence-electron chi connectivity index (χ0n) is 14.2. The van der Waals surface area contributed by atoms with E-state index in [2.05, 4.69) is 22.6 Å². The minimum Gasteiger partial charge on any atom is -0.452 e. The third-order valence-electron chi connectivity index (χ3n) is 3.98. The summed E-state index contributed by atoms with van der Waals surface area (Å²) < 4.78 is 10.0. The quantitative estimate of drug-likeness (QED) is 0.630. The lowest BCUT2D eigenvalue weighted by molar-refractivity contribution is -0.150. The van der Waals surface area contributed by atoms with E-state index in [-0.39, 0.29) is 5.75 Å². The molecule has 25 heavy (non-hydrogen) atoms. The van der Waals surface area contributed by atoms with Crippen molar-refractivity contribution in [2.75, 3.05) is 11.1 Å². The van der Waals surface area contributed by atoms with E-state index in [1.807, 2.05) is 6.07 Å². The predicted octanol–water partition coefficient (Wildman–Crippen LogP) is 3.13. The van der Waals surface area contributed by atoms with Gasteiger partial charge in [-0.1, -0.05) is 11.2 Å². The van der Waals surface area contributed by atoms with E-state index in [0.29, 0.717) is 11.6 Å². The molecule has 132 valence electrons. The molecule has 0 spiro atoms. The van der Waals surface area contributed by atoms with Crippen molar-refractivity contribution in [1.29, 1.82) is 0 Å². The molecule has 1 atom stereocenters. The number of esters is 1. The van der Waals surface area contributed by atoms with E-state index in [1.165, 1.54) is 36.2 Å². The van der Waals surface area contributed by atoms with Gasteiger partial charge in [-0.3, -0.25) is 9.59 Å². The van der Waals surface area contributed by atoms with Crippen molar-refractivity contribution in [3.8, 4) is 0 Å². The first-order valence-electron chi connectivity index (χ1n) is 8.19. The number of aromatic nitrogens is 1. The fourth-order valence-corrected chi connectivity index (χ4v) is 3.46.